The standard InChI is InChI=1S/C39H57N/c40-32-24-13-11-9-7-5-3-1-2-4-6-8-10-12-23-31-39(33-36-25-17-14-18-26-36,34-37-27-19-15-20-28-37)35-38-29-21-16-22-30-38/h14-22,25-30H,1-13,23-24,31-35,40H2. The van der Waals surface area contributed by atoms with Crippen LogP contribution in [0.25, 0.3) is 0 Å². The van der Waals surface area contributed by atoms with Crippen LogP contribution >= 0.6 is 0 Å². The minimum absolute atomic E-state index is 0.245. The van der Waals surface area contributed by atoms with E-state index in [1.165, 1.54) is 119 Å². The molecule has 218 valence electrons. The summed E-state index contributed by atoms with van der Waals surface area (Å²) in [5, 5.41) is 0. The van der Waals surface area contributed by atoms with Crippen molar-refractivity contribution in [2.45, 2.75) is 122 Å². The Hall–Kier alpha value is -2.38. The Morgan fingerprint density at radius 2 is 0.625 bits per heavy atom. The molecule has 3 aromatic carbocycles. The summed E-state index contributed by atoms with van der Waals surface area (Å²) in [6.45, 7) is 0.859. The first-order valence-electron chi connectivity index (χ1n) is 16.6. The first-order valence-corrected chi connectivity index (χ1v) is 16.6. The molecule has 3 aromatic rings. The molecule has 0 radical (unpaired) electrons. The van der Waals surface area contributed by atoms with Crippen LogP contribution in [0.15, 0.2) is 91.0 Å². The molecular weight excluding hydrogens is 482 g/mol. The van der Waals surface area contributed by atoms with Gasteiger partial charge in [-0.3, -0.25) is 0 Å². The normalized spacial score (nSPS) is 11.6. The van der Waals surface area contributed by atoms with Crippen molar-refractivity contribution in [3.05, 3.63) is 108 Å². The van der Waals surface area contributed by atoms with Gasteiger partial charge in [0.05, 0.1) is 0 Å². The summed E-state index contributed by atoms with van der Waals surface area (Å²) in [6, 6.07) is 33.6. The van der Waals surface area contributed by atoms with Crippen LogP contribution < -0.4 is 5.73 Å². The third-order valence-electron chi connectivity index (χ3n) is 8.68. The van der Waals surface area contributed by atoms with E-state index in [1.807, 2.05) is 0 Å². The summed E-state index contributed by atoms with van der Waals surface area (Å²) in [6.07, 6.45) is 25.5. The monoisotopic (exact) mass is 539 g/mol. The zero-order valence-electron chi connectivity index (χ0n) is 25.4. The van der Waals surface area contributed by atoms with E-state index in [0.29, 0.717) is 0 Å². The molecule has 0 unspecified atom stereocenters. The molecule has 0 aromatic heterocycles. The van der Waals surface area contributed by atoms with Crippen molar-refractivity contribution in [1.29, 1.82) is 0 Å². The second kappa shape index (κ2) is 20.5. The van der Waals surface area contributed by atoms with Crippen molar-refractivity contribution in [2.75, 3.05) is 6.54 Å². The molecular formula is C39H57N. The fourth-order valence-electron chi connectivity index (χ4n) is 6.48. The van der Waals surface area contributed by atoms with Crippen LogP contribution in [-0.2, 0) is 19.3 Å². The third-order valence-corrected chi connectivity index (χ3v) is 8.68. The fraction of sp³-hybridized carbons (Fsp3) is 0.538. The summed E-state index contributed by atoms with van der Waals surface area (Å²) in [7, 11) is 0. The molecule has 1 nitrogen and oxygen atoms in total. The van der Waals surface area contributed by atoms with Gasteiger partial charge >= 0.3 is 0 Å². The molecule has 0 amide bonds. The van der Waals surface area contributed by atoms with E-state index >= 15 is 0 Å². The number of benzene rings is 3. The number of rotatable bonds is 23. The van der Waals surface area contributed by atoms with Gasteiger partial charge in [-0.1, -0.05) is 181 Å². The predicted octanol–water partition coefficient (Wildman–Crippen LogP) is 10.9. The van der Waals surface area contributed by atoms with Crippen molar-refractivity contribution < 1.29 is 0 Å². The van der Waals surface area contributed by atoms with Gasteiger partial charge in [0.25, 0.3) is 0 Å². The Labute approximate surface area is 247 Å². The highest BCUT2D eigenvalue weighted by atomic mass is 14.5. The molecule has 0 aliphatic carbocycles. The van der Waals surface area contributed by atoms with Crippen LogP contribution in [0.3, 0.4) is 0 Å². The lowest BCUT2D eigenvalue weighted by Crippen LogP contribution is -2.30. The topological polar surface area (TPSA) is 26.0 Å². The molecule has 1 heteroatoms. The quantitative estimate of drug-likeness (QED) is 0.119. The van der Waals surface area contributed by atoms with E-state index in [4.69, 9.17) is 5.73 Å². The lowest BCUT2D eigenvalue weighted by molar-refractivity contribution is 0.243. The molecule has 0 fully saturated rings. The molecule has 3 rings (SSSR count). The van der Waals surface area contributed by atoms with E-state index < -0.39 is 0 Å². The van der Waals surface area contributed by atoms with Gasteiger partial charge in [0.2, 0.25) is 0 Å². The second-order valence-corrected chi connectivity index (χ2v) is 12.3. The van der Waals surface area contributed by atoms with Crippen molar-refractivity contribution in [3.63, 3.8) is 0 Å². The van der Waals surface area contributed by atoms with Gasteiger partial charge in [0.1, 0.15) is 0 Å². The highest BCUT2D eigenvalue weighted by molar-refractivity contribution is 5.24. The summed E-state index contributed by atoms with van der Waals surface area (Å²) in [5.74, 6) is 0. The molecule has 2 N–H and O–H groups in total. The first kappa shape index (κ1) is 32.1. The Morgan fingerprint density at radius 1 is 0.350 bits per heavy atom. The summed E-state index contributed by atoms with van der Waals surface area (Å²) in [5.41, 5.74) is 10.2. The van der Waals surface area contributed by atoms with E-state index in [-0.39, 0.29) is 5.41 Å². The van der Waals surface area contributed by atoms with Crippen LogP contribution in [0.2, 0.25) is 0 Å². The molecule has 0 spiro atoms. The predicted molar refractivity (Wildman–Crippen MR) is 176 cm³/mol. The fourth-order valence-corrected chi connectivity index (χ4v) is 6.48. The van der Waals surface area contributed by atoms with E-state index in [1.54, 1.807) is 0 Å². The van der Waals surface area contributed by atoms with Crippen LogP contribution in [0, 0.1) is 5.41 Å². The van der Waals surface area contributed by atoms with Gasteiger partial charge < -0.3 is 5.73 Å². The molecule has 0 aliphatic heterocycles. The molecule has 0 saturated heterocycles. The van der Waals surface area contributed by atoms with E-state index in [9.17, 15) is 0 Å². The maximum absolute atomic E-state index is 5.58. The van der Waals surface area contributed by atoms with Gasteiger partial charge in [-0.15, -0.1) is 0 Å². The minimum atomic E-state index is 0.245. The average Bonchev–Trinajstić information content (AvgIpc) is 2.98. The third kappa shape index (κ3) is 13.8. The van der Waals surface area contributed by atoms with Crippen molar-refractivity contribution in [1.82, 2.24) is 0 Å². The Morgan fingerprint density at radius 3 is 0.925 bits per heavy atom. The molecule has 0 atom stereocenters. The summed E-state index contributed by atoms with van der Waals surface area (Å²) in [4.78, 5) is 0. The van der Waals surface area contributed by atoms with Crippen molar-refractivity contribution >= 4 is 0 Å². The Kier molecular flexibility index (Phi) is 16.5. The molecule has 0 heterocycles. The highest BCUT2D eigenvalue weighted by Gasteiger charge is 2.30. The Balaban J connectivity index is 1.42. The summed E-state index contributed by atoms with van der Waals surface area (Å²) < 4.78 is 0. The minimum Gasteiger partial charge on any atom is -0.330 e. The van der Waals surface area contributed by atoms with Gasteiger partial charge in [0, 0.05) is 0 Å². The van der Waals surface area contributed by atoms with E-state index in [2.05, 4.69) is 91.0 Å². The zero-order chi connectivity index (χ0) is 28.0. The second-order valence-electron chi connectivity index (χ2n) is 12.3. The van der Waals surface area contributed by atoms with Crippen LogP contribution in [0.4, 0.5) is 0 Å². The molecule has 0 saturated carbocycles. The smallest absolute Gasteiger partial charge is 0.00773 e. The number of hydrogen-bond acceptors (Lipinski definition) is 1. The lowest BCUT2D eigenvalue weighted by atomic mass is 9.69. The number of unbranched alkanes of at least 4 members (excludes halogenated alkanes) is 14. The zero-order valence-corrected chi connectivity index (χ0v) is 25.4. The van der Waals surface area contributed by atoms with Gasteiger partial charge in [-0.05, 0) is 60.8 Å². The molecule has 0 aliphatic rings. The van der Waals surface area contributed by atoms with E-state index in [0.717, 1.165) is 25.8 Å². The highest BCUT2D eigenvalue weighted by Crippen LogP contribution is 2.37. The average molecular weight is 540 g/mol. The van der Waals surface area contributed by atoms with Gasteiger partial charge in [-0.25, -0.2) is 0 Å². The first-order chi connectivity index (χ1) is 19.8. The SMILES string of the molecule is NCCCCCCCCCCCCCCCCCC(Cc1ccccc1)(Cc1ccccc1)Cc1ccccc1. The molecule has 40 heavy (non-hydrogen) atoms. The number of nitrogens with two attached hydrogens (primary N) is 1. The van der Waals surface area contributed by atoms with Gasteiger partial charge in [0.15, 0.2) is 0 Å². The molecule has 0 bridgehead atoms. The van der Waals surface area contributed by atoms with Crippen LogP contribution in [0.5, 0.6) is 0 Å². The van der Waals surface area contributed by atoms with Gasteiger partial charge in [-0.2, -0.15) is 0 Å². The van der Waals surface area contributed by atoms with Crippen molar-refractivity contribution in [2.24, 2.45) is 11.1 Å². The summed E-state index contributed by atoms with van der Waals surface area (Å²) >= 11 is 0. The maximum Gasteiger partial charge on any atom is -0.00773 e. The van der Waals surface area contributed by atoms with Crippen molar-refractivity contribution in [3.8, 4) is 0 Å². The van der Waals surface area contributed by atoms with Crippen LogP contribution in [-0.4, -0.2) is 6.54 Å². The largest absolute Gasteiger partial charge is 0.330 e. The lowest BCUT2D eigenvalue weighted by Gasteiger charge is -2.35. The maximum atomic E-state index is 5.58. The number of hydrogen-bond donors (Lipinski definition) is 1. The Bertz CT molecular complexity index is 864. The van der Waals surface area contributed by atoms with Crippen LogP contribution in [0.1, 0.15) is 119 Å².